The maximum Gasteiger partial charge on any atom is 0.243 e. The standard InChI is InChI=1S/C15H23FN2O2S/c1-11(2)8-9-18(12-6-7-12)21(19,20)15-5-3-4-14(16)13(15)10-17/h3-5,11-12H,6-10,17H2,1-2H3. The molecule has 4 nitrogen and oxygen atoms in total. The van der Waals surface area contributed by atoms with Crippen molar-refractivity contribution in [2.45, 2.75) is 50.6 Å². The van der Waals surface area contributed by atoms with Crippen LogP contribution in [0.2, 0.25) is 0 Å². The van der Waals surface area contributed by atoms with E-state index in [-0.39, 0.29) is 23.0 Å². The van der Waals surface area contributed by atoms with E-state index in [4.69, 9.17) is 5.73 Å². The van der Waals surface area contributed by atoms with Gasteiger partial charge in [-0.15, -0.1) is 0 Å². The summed E-state index contributed by atoms with van der Waals surface area (Å²) in [6.07, 6.45) is 2.55. The van der Waals surface area contributed by atoms with Gasteiger partial charge in [-0.1, -0.05) is 19.9 Å². The van der Waals surface area contributed by atoms with Gasteiger partial charge in [0.25, 0.3) is 0 Å². The summed E-state index contributed by atoms with van der Waals surface area (Å²) in [7, 11) is -3.69. The molecule has 1 aromatic carbocycles. The Hall–Kier alpha value is -0.980. The molecule has 1 saturated carbocycles. The van der Waals surface area contributed by atoms with E-state index in [2.05, 4.69) is 13.8 Å². The maximum absolute atomic E-state index is 13.8. The summed E-state index contributed by atoms with van der Waals surface area (Å²) in [6.45, 7) is 4.48. The van der Waals surface area contributed by atoms with Crippen molar-refractivity contribution in [2.75, 3.05) is 6.54 Å². The van der Waals surface area contributed by atoms with Crippen LogP contribution in [0.4, 0.5) is 4.39 Å². The molecule has 21 heavy (non-hydrogen) atoms. The van der Waals surface area contributed by atoms with Crippen molar-refractivity contribution in [2.24, 2.45) is 11.7 Å². The third kappa shape index (κ3) is 3.62. The van der Waals surface area contributed by atoms with Gasteiger partial charge in [0, 0.05) is 24.7 Å². The van der Waals surface area contributed by atoms with Gasteiger partial charge in [0.1, 0.15) is 5.82 Å². The van der Waals surface area contributed by atoms with Crippen molar-refractivity contribution in [1.82, 2.24) is 4.31 Å². The minimum Gasteiger partial charge on any atom is -0.326 e. The molecular formula is C15H23FN2O2S. The summed E-state index contributed by atoms with van der Waals surface area (Å²) in [5, 5.41) is 0. The van der Waals surface area contributed by atoms with Crippen molar-refractivity contribution >= 4 is 10.0 Å². The predicted octanol–water partition coefficient (Wildman–Crippen LogP) is 2.48. The lowest BCUT2D eigenvalue weighted by molar-refractivity contribution is 0.372. The van der Waals surface area contributed by atoms with Crippen LogP contribution in [0, 0.1) is 11.7 Å². The lowest BCUT2D eigenvalue weighted by Gasteiger charge is -2.24. The minimum absolute atomic E-state index is 0.0145. The topological polar surface area (TPSA) is 63.4 Å². The van der Waals surface area contributed by atoms with Gasteiger partial charge in [-0.2, -0.15) is 4.31 Å². The third-order valence-electron chi connectivity index (χ3n) is 3.75. The highest BCUT2D eigenvalue weighted by atomic mass is 32.2. The highest BCUT2D eigenvalue weighted by Crippen LogP contribution is 2.34. The number of nitrogens with two attached hydrogens (primary N) is 1. The second-order valence-corrected chi connectivity index (χ2v) is 7.81. The Labute approximate surface area is 126 Å². The van der Waals surface area contributed by atoms with E-state index in [0.717, 1.165) is 19.3 Å². The molecule has 1 fully saturated rings. The van der Waals surface area contributed by atoms with Gasteiger partial charge in [-0.25, -0.2) is 12.8 Å². The number of hydrogen-bond acceptors (Lipinski definition) is 3. The first-order valence-corrected chi connectivity index (χ1v) is 8.81. The van der Waals surface area contributed by atoms with Crippen LogP contribution in [-0.4, -0.2) is 25.3 Å². The molecule has 0 radical (unpaired) electrons. The SMILES string of the molecule is CC(C)CCN(C1CC1)S(=O)(=O)c1cccc(F)c1CN. The molecule has 0 aromatic heterocycles. The van der Waals surface area contributed by atoms with Crippen molar-refractivity contribution in [1.29, 1.82) is 0 Å². The molecule has 118 valence electrons. The Bertz CT molecular complexity index is 598. The Balaban J connectivity index is 2.37. The number of rotatable bonds is 7. The summed E-state index contributed by atoms with van der Waals surface area (Å²) in [6, 6.07) is 4.18. The van der Waals surface area contributed by atoms with E-state index >= 15 is 0 Å². The first-order chi connectivity index (χ1) is 9.87. The van der Waals surface area contributed by atoms with Crippen molar-refractivity contribution < 1.29 is 12.8 Å². The van der Waals surface area contributed by atoms with Gasteiger partial charge in [0.15, 0.2) is 0 Å². The van der Waals surface area contributed by atoms with Crippen LogP contribution < -0.4 is 5.73 Å². The highest BCUT2D eigenvalue weighted by Gasteiger charge is 2.38. The van der Waals surface area contributed by atoms with Gasteiger partial charge in [0.2, 0.25) is 10.0 Å². The van der Waals surface area contributed by atoms with Crippen LogP contribution in [0.1, 0.15) is 38.7 Å². The highest BCUT2D eigenvalue weighted by molar-refractivity contribution is 7.89. The lowest BCUT2D eigenvalue weighted by atomic mass is 10.1. The zero-order valence-corrected chi connectivity index (χ0v) is 13.4. The fraction of sp³-hybridized carbons (Fsp3) is 0.600. The van der Waals surface area contributed by atoms with Crippen LogP contribution in [0.3, 0.4) is 0 Å². The number of sulfonamides is 1. The van der Waals surface area contributed by atoms with E-state index in [1.54, 1.807) is 0 Å². The lowest BCUT2D eigenvalue weighted by Crippen LogP contribution is -2.35. The predicted molar refractivity (Wildman–Crippen MR) is 80.7 cm³/mol. The summed E-state index contributed by atoms with van der Waals surface area (Å²) in [4.78, 5) is 0.0145. The molecule has 0 spiro atoms. The summed E-state index contributed by atoms with van der Waals surface area (Å²) < 4.78 is 41.1. The van der Waals surface area contributed by atoms with Crippen molar-refractivity contribution in [3.05, 3.63) is 29.6 Å². The van der Waals surface area contributed by atoms with Gasteiger partial charge < -0.3 is 5.73 Å². The average molecular weight is 314 g/mol. The van der Waals surface area contributed by atoms with E-state index < -0.39 is 15.8 Å². The molecule has 0 unspecified atom stereocenters. The first kappa shape index (κ1) is 16.4. The van der Waals surface area contributed by atoms with E-state index in [9.17, 15) is 12.8 Å². The van der Waals surface area contributed by atoms with Crippen LogP contribution in [0.25, 0.3) is 0 Å². The third-order valence-corrected chi connectivity index (χ3v) is 5.78. The number of halogens is 1. The summed E-state index contributed by atoms with van der Waals surface area (Å²) in [5.41, 5.74) is 5.62. The molecule has 2 N–H and O–H groups in total. The van der Waals surface area contributed by atoms with Gasteiger partial charge >= 0.3 is 0 Å². The second kappa shape index (κ2) is 6.42. The number of benzene rings is 1. The molecule has 0 bridgehead atoms. The van der Waals surface area contributed by atoms with E-state index in [0.29, 0.717) is 12.5 Å². The number of nitrogens with zero attached hydrogens (tertiary/aromatic N) is 1. The molecule has 2 rings (SSSR count). The molecule has 0 aliphatic heterocycles. The molecule has 1 aliphatic carbocycles. The molecular weight excluding hydrogens is 291 g/mol. The number of hydrogen-bond donors (Lipinski definition) is 1. The largest absolute Gasteiger partial charge is 0.326 e. The molecule has 0 heterocycles. The quantitative estimate of drug-likeness (QED) is 0.841. The molecule has 6 heteroatoms. The fourth-order valence-electron chi connectivity index (χ4n) is 2.35. The van der Waals surface area contributed by atoms with Crippen LogP contribution in [0.5, 0.6) is 0 Å². The first-order valence-electron chi connectivity index (χ1n) is 7.37. The van der Waals surface area contributed by atoms with Gasteiger partial charge in [-0.3, -0.25) is 0 Å². The summed E-state index contributed by atoms with van der Waals surface area (Å²) >= 11 is 0. The van der Waals surface area contributed by atoms with Crippen molar-refractivity contribution in [3.63, 3.8) is 0 Å². The van der Waals surface area contributed by atoms with Crippen LogP contribution in [-0.2, 0) is 16.6 Å². The monoisotopic (exact) mass is 314 g/mol. The Morgan fingerprint density at radius 2 is 2.05 bits per heavy atom. The molecule has 1 aromatic rings. The van der Waals surface area contributed by atoms with Gasteiger partial charge in [-0.05, 0) is 37.3 Å². The Kier molecular flexibility index (Phi) is 5.01. The zero-order valence-electron chi connectivity index (χ0n) is 12.5. The average Bonchev–Trinajstić information content (AvgIpc) is 3.22. The molecule has 1 aliphatic rings. The minimum atomic E-state index is -3.69. The second-order valence-electron chi connectivity index (χ2n) is 5.95. The van der Waals surface area contributed by atoms with Crippen molar-refractivity contribution in [3.8, 4) is 0 Å². The van der Waals surface area contributed by atoms with E-state index in [1.165, 1.54) is 22.5 Å². The van der Waals surface area contributed by atoms with Crippen LogP contribution in [0.15, 0.2) is 23.1 Å². The molecule has 0 saturated heterocycles. The normalized spacial score (nSPS) is 15.9. The zero-order chi connectivity index (χ0) is 15.6. The summed E-state index contributed by atoms with van der Waals surface area (Å²) in [5.74, 6) is -0.138. The Morgan fingerprint density at radius 1 is 1.38 bits per heavy atom. The molecule has 0 atom stereocenters. The van der Waals surface area contributed by atoms with E-state index in [1.807, 2.05) is 0 Å². The van der Waals surface area contributed by atoms with Gasteiger partial charge in [0.05, 0.1) is 4.90 Å². The smallest absolute Gasteiger partial charge is 0.243 e. The van der Waals surface area contributed by atoms with Crippen LogP contribution >= 0.6 is 0 Å². The maximum atomic E-state index is 13.8. The Morgan fingerprint density at radius 3 is 2.57 bits per heavy atom. The molecule has 0 amide bonds. The fourth-order valence-corrected chi connectivity index (χ4v) is 4.30.